The number of hydrogen-bond acceptors (Lipinski definition) is 4. The van der Waals surface area contributed by atoms with E-state index in [1.54, 1.807) is 11.3 Å². The summed E-state index contributed by atoms with van der Waals surface area (Å²) in [7, 11) is 0. The fourth-order valence-electron chi connectivity index (χ4n) is 2.24. The number of thiophene rings is 1. The average molecular weight is 265 g/mol. The molecule has 1 rings (SSSR count). The Labute approximate surface area is 114 Å². The molecule has 0 aliphatic rings. The van der Waals surface area contributed by atoms with Crippen molar-refractivity contribution < 1.29 is 0 Å². The van der Waals surface area contributed by atoms with Crippen LogP contribution in [0.2, 0.25) is 0 Å². The molecule has 0 spiro atoms. The topological polar surface area (TPSA) is 53.0 Å². The third kappa shape index (κ3) is 4.41. The highest BCUT2D eigenvalue weighted by Crippen LogP contribution is 2.28. The van der Waals surface area contributed by atoms with Crippen LogP contribution in [0.4, 0.5) is 0 Å². The summed E-state index contributed by atoms with van der Waals surface area (Å²) in [5.41, 5.74) is 6.16. The van der Waals surface area contributed by atoms with Crippen molar-refractivity contribution in [2.75, 3.05) is 13.1 Å². The summed E-state index contributed by atoms with van der Waals surface area (Å²) in [6.45, 7) is 8.22. The van der Waals surface area contributed by atoms with E-state index in [9.17, 15) is 0 Å². The molecule has 100 valence electrons. The summed E-state index contributed by atoms with van der Waals surface area (Å²) in [6.07, 6.45) is 0.557. The van der Waals surface area contributed by atoms with Crippen LogP contribution < -0.4 is 5.73 Å². The van der Waals surface area contributed by atoms with Gasteiger partial charge in [-0.2, -0.15) is 5.26 Å². The van der Waals surface area contributed by atoms with Gasteiger partial charge in [0.1, 0.15) is 0 Å². The minimum Gasteiger partial charge on any atom is -0.326 e. The fraction of sp³-hybridized carbons (Fsp3) is 0.643. The van der Waals surface area contributed by atoms with Crippen molar-refractivity contribution in [3.8, 4) is 6.07 Å². The molecule has 0 fully saturated rings. The predicted molar refractivity (Wildman–Crippen MR) is 77.4 cm³/mol. The minimum atomic E-state index is 0.0705. The maximum Gasteiger partial charge on any atom is 0.0635 e. The van der Waals surface area contributed by atoms with E-state index in [0.717, 1.165) is 13.1 Å². The standard InChI is InChI=1S/C14H23N3S/c1-11(2)10-17(8-5-7-15)14(12(3)16)13-6-4-9-18-13/h4,6,9,11-12,14H,5,8,10,16H2,1-3H3. The van der Waals surface area contributed by atoms with E-state index in [1.807, 2.05) is 6.92 Å². The molecule has 1 aromatic rings. The van der Waals surface area contributed by atoms with Crippen LogP contribution in [-0.2, 0) is 0 Å². The fourth-order valence-corrected chi connectivity index (χ4v) is 3.21. The second-order valence-corrected chi connectivity index (χ2v) is 6.10. The lowest BCUT2D eigenvalue weighted by Crippen LogP contribution is -2.41. The first-order chi connectivity index (χ1) is 8.56. The Morgan fingerprint density at radius 2 is 2.17 bits per heavy atom. The first kappa shape index (κ1) is 15.2. The lowest BCUT2D eigenvalue weighted by Gasteiger charge is -2.34. The van der Waals surface area contributed by atoms with E-state index >= 15 is 0 Å². The Bertz CT molecular complexity index is 365. The first-order valence-electron chi connectivity index (χ1n) is 6.46. The molecule has 1 heterocycles. The normalized spacial score (nSPS) is 14.7. The maximum atomic E-state index is 8.79. The van der Waals surface area contributed by atoms with Crippen molar-refractivity contribution in [1.29, 1.82) is 5.26 Å². The van der Waals surface area contributed by atoms with Gasteiger partial charge in [-0.1, -0.05) is 19.9 Å². The van der Waals surface area contributed by atoms with Crippen molar-refractivity contribution in [2.24, 2.45) is 11.7 Å². The molecule has 0 saturated heterocycles. The van der Waals surface area contributed by atoms with Crippen LogP contribution in [0.5, 0.6) is 0 Å². The van der Waals surface area contributed by atoms with Gasteiger partial charge in [0.25, 0.3) is 0 Å². The van der Waals surface area contributed by atoms with Gasteiger partial charge in [0.2, 0.25) is 0 Å². The quantitative estimate of drug-likeness (QED) is 0.824. The zero-order chi connectivity index (χ0) is 13.5. The van der Waals surface area contributed by atoms with Gasteiger partial charge < -0.3 is 5.73 Å². The smallest absolute Gasteiger partial charge is 0.0635 e. The minimum absolute atomic E-state index is 0.0705. The third-order valence-electron chi connectivity index (χ3n) is 2.84. The lowest BCUT2D eigenvalue weighted by atomic mass is 10.0. The molecule has 0 amide bonds. The van der Waals surface area contributed by atoms with E-state index in [1.165, 1.54) is 4.88 Å². The molecular weight excluding hydrogens is 242 g/mol. The van der Waals surface area contributed by atoms with Gasteiger partial charge in [-0.05, 0) is 24.3 Å². The van der Waals surface area contributed by atoms with Gasteiger partial charge in [0.15, 0.2) is 0 Å². The van der Waals surface area contributed by atoms with Crippen LogP contribution in [0, 0.1) is 17.2 Å². The number of hydrogen-bond donors (Lipinski definition) is 1. The summed E-state index contributed by atoms with van der Waals surface area (Å²) in [4.78, 5) is 3.65. The molecule has 0 bridgehead atoms. The van der Waals surface area contributed by atoms with Crippen molar-refractivity contribution in [2.45, 2.75) is 39.3 Å². The number of nitrogens with two attached hydrogens (primary N) is 1. The second-order valence-electron chi connectivity index (χ2n) is 5.12. The number of nitrogens with zero attached hydrogens (tertiary/aromatic N) is 2. The van der Waals surface area contributed by atoms with Crippen molar-refractivity contribution >= 4 is 11.3 Å². The van der Waals surface area contributed by atoms with Gasteiger partial charge in [-0.15, -0.1) is 11.3 Å². The van der Waals surface area contributed by atoms with E-state index in [-0.39, 0.29) is 12.1 Å². The summed E-state index contributed by atoms with van der Waals surface area (Å²) >= 11 is 1.74. The Morgan fingerprint density at radius 3 is 2.61 bits per heavy atom. The van der Waals surface area contributed by atoms with Crippen LogP contribution >= 0.6 is 11.3 Å². The molecule has 2 N–H and O–H groups in total. The Balaban J connectivity index is 2.87. The largest absolute Gasteiger partial charge is 0.326 e. The van der Waals surface area contributed by atoms with Crippen LogP contribution in [0.1, 0.15) is 38.1 Å². The van der Waals surface area contributed by atoms with E-state index in [4.69, 9.17) is 11.0 Å². The second kappa shape index (κ2) is 7.52. The summed E-state index contributed by atoms with van der Waals surface area (Å²) < 4.78 is 0. The summed E-state index contributed by atoms with van der Waals surface area (Å²) in [5, 5.41) is 10.9. The summed E-state index contributed by atoms with van der Waals surface area (Å²) in [6, 6.07) is 6.72. The Hall–Kier alpha value is -0.890. The molecule has 2 atom stereocenters. The molecule has 0 aromatic carbocycles. The third-order valence-corrected chi connectivity index (χ3v) is 3.78. The zero-order valence-corrected chi connectivity index (χ0v) is 12.3. The SMILES string of the molecule is CC(C)CN(CCC#N)C(c1cccs1)C(C)N. The Kier molecular flexibility index (Phi) is 6.34. The molecule has 1 aromatic heterocycles. The van der Waals surface area contributed by atoms with E-state index < -0.39 is 0 Å². The number of rotatable bonds is 7. The Morgan fingerprint density at radius 1 is 1.44 bits per heavy atom. The predicted octanol–water partition coefficient (Wildman–Crippen LogP) is 3.01. The van der Waals surface area contributed by atoms with Crippen molar-refractivity contribution in [1.82, 2.24) is 4.90 Å². The number of nitriles is 1. The van der Waals surface area contributed by atoms with Gasteiger partial charge in [-0.25, -0.2) is 0 Å². The lowest BCUT2D eigenvalue weighted by molar-refractivity contribution is 0.163. The molecule has 4 heteroatoms. The molecule has 3 nitrogen and oxygen atoms in total. The monoisotopic (exact) mass is 265 g/mol. The zero-order valence-electron chi connectivity index (χ0n) is 11.5. The highest BCUT2D eigenvalue weighted by atomic mass is 32.1. The highest BCUT2D eigenvalue weighted by Gasteiger charge is 2.25. The average Bonchev–Trinajstić information content (AvgIpc) is 2.78. The van der Waals surface area contributed by atoms with Crippen LogP contribution in [-0.4, -0.2) is 24.0 Å². The molecule has 0 saturated carbocycles. The van der Waals surface area contributed by atoms with E-state index in [2.05, 4.69) is 42.3 Å². The van der Waals surface area contributed by atoms with Crippen molar-refractivity contribution in [3.63, 3.8) is 0 Å². The van der Waals surface area contributed by atoms with Crippen LogP contribution in [0.25, 0.3) is 0 Å². The highest BCUT2D eigenvalue weighted by molar-refractivity contribution is 7.10. The van der Waals surface area contributed by atoms with Crippen LogP contribution in [0.3, 0.4) is 0 Å². The van der Waals surface area contributed by atoms with Crippen molar-refractivity contribution in [3.05, 3.63) is 22.4 Å². The van der Waals surface area contributed by atoms with Crippen LogP contribution in [0.15, 0.2) is 17.5 Å². The molecule has 18 heavy (non-hydrogen) atoms. The molecule has 0 radical (unpaired) electrons. The molecule has 0 aliphatic heterocycles. The maximum absolute atomic E-state index is 8.79. The van der Waals surface area contributed by atoms with Gasteiger partial charge in [-0.3, -0.25) is 4.90 Å². The van der Waals surface area contributed by atoms with Gasteiger partial charge in [0.05, 0.1) is 12.1 Å². The molecule has 0 aliphatic carbocycles. The van der Waals surface area contributed by atoms with E-state index in [0.29, 0.717) is 12.3 Å². The molecular formula is C14H23N3S. The van der Waals surface area contributed by atoms with Gasteiger partial charge in [0, 0.05) is 30.4 Å². The first-order valence-corrected chi connectivity index (χ1v) is 7.34. The molecule has 2 unspecified atom stereocenters. The summed E-state index contributed by atoms with van der Waals surface area (Å²) in [5.74, 6) is 0.574. The van der Waals surface area contributed by atoms with Gasteiger partial charge >= 0.3 is 0 Å².